The van der Waals surface area contributed by atoms with Crippen LogP contribution in [0.2, 0.25) is 0 Å². The molecule has 0 atom stereocenters. The SMILES string of the molecule is CC1(C)CCN(CCS(=O)(=O)c2cccc(C(N)=S)c2)C1. The molecule has 2 N–H and O–H groups in total. The first-order valence-electron chi connectivity index (χ1n) is 7.05. The summed E-state index contributed by atoms with van der Waals surface area (Å²) >= 11 is 4.90. The summed E-state index contributed by atoms with van der Waals surface area (Å²) in [7, 11) is -3.30. The van der Waals surface area contributed by atoms with Crippen LogP contribution in [0.1, 0.15) is 25.8 Å². The molecule has 0 saturated carbocycles. The quantitative estimate of drug-likeness (QED) is 0.836. The summed E-state index contributed by atoms with van der Waals surface area (Å²) < 4.78 is 24.8. The number of nitrogens with two attached hydrogens (primary N) is 1. The van der Waals surface area contributed by atoms with Gasteiger partial charge in [-0.25, -0.2) is 8.42 Å². The van der Waals surface area contributed by atoms with E-state index in [1.807, 2.05) is 0 Å². The Bertz CT molecular complexity index is 639. The van der Waals surface area contributed by atoms with E-state index in [1.165, 1.54) is 0 Å². The van der Waals surface area contributed by atoms with Gasteiger partial charge in [0.2, 0.25) is 0 Å². The number of rotatable bonds is 5. The fourth-order valence-electron chi connectivity index (χ4n) is 2.63. The number of sulfone groups is 1. The van der Waals surface area contributed by atoms with E-state index in [-0.39, 0.29) is 16.2 Å². The van der Waals surface area contributed by atoms with Gasteiger partial charge in [0.05, 0.1) is 10.6 Å². The molecular formula is C15H22N2O2S2. The minimum atomic E-state index is -3.30. The van der Waals surface area contributed by atoms with Crippen molar-refractivity contribution in [1.82, 2.24) is 4.90 Å². The monoisotopic (exact) mass is 326 g/mol. The maximum atomic E-state index is 12.4. The second kappa shape index (κ2) is 6.02. The fraction of sp³-hybridized carbons (Fsp3) is 0.533. The molecule has 0 radical (unpaired) electrons. The van der Waals surface area contributed by atoms with Crippen molar-refractivity contribution in [3.8, 4) is 0 Å². The van der Waals surface area contributed by atoms with Crippen LogP contribution in [0.3, 0.4) is 0 Å². The van der Waals surface area contributed by atoms with Crippen LogP contribution in [-0.2, 0) is 9.84 Å². The highest BCUT2D eigenvalue weighted by Crippen LogP contribution is 2.28. The summed E-state index contributed by atoms with van der Waals surface area (Å²) in [5.74, 6) is 0.129. The zero-order valence-corrected chi connectivity index (χ0v) is 14.1. The first kappa shape index (κ1) is 16.4. The molecule has 0 unspecified atom stereocenters. The van der Waals surface area contributed by atoms with Crippen LogP contribution >= 0.6 is 12.2 Å². The van der Waals surface area contributed by atoms with Gasteiger partial charge in [-0.3, -0.25) is 0 Å². The molecule has 1 heterocycles. The lowest BCUT2D eigenvalue weighted by Gasteiger charge is -2.19. The maximum absolute atomic E-state index is 12.4. The van der Waals surface area contributed by atoms with E-state index in [9.17, 15) is 8.42 Å². The van der Waals surface area contributed by atoms with Gasteiger partial charge in [-0.1, -0.05) is 38.2 Å². The number of nitrogens with zero attached hydrogens (tertiary/aromatic N) is 1. The average molecular weight is 326 g/mol. The Hall–Kier alpha value is -0.980. The third-order valence-electron chi connectivity index (χ3n) is 3.91. The van der Waals surface area contributed by atoms with Crippen LogP contribution in [0.5, 0.6) is 0 Å². The van der Waals surface area contributed by atoms with E-state index < -0.39 is 9.84 Å². The largest absolute Gasteiger partial charge is 0.389 e. The standard InChI is InChI=1S/C15H22N2O2S2/c1-15(2)6-7-17(11-15)8-9-21(18,19)13-5-3-4-12(10-13)14(16)20/h3-5,10H,6-9,11H2,1-2H3,(H2,16,20). The van der Waals surface area contributed by atoms with Gasteiger partial charge in [-0.2, -0.15) is 0 Å². The topological polar surface area (TPSA) is 63.4 Å². The van der Waals surface area contributed by atoms with Crippen molar-refractivity contribution in [2.75, 3.05) is 25.4 Å². The van der Waals surface area contributed by atoms with Gasteiger partial charge in [0.1, 0.15) is 4.99 Å². The molecule has 0 spiro atoms. The van der Waals surface area contributed by atoms with Crippen molar-refractivity contribution < 1.29 is 8.42 Å². The molecule has 1 aromatic rings. The van der Waals surface area contributed by atoms with Crippen molar-refractivity contribution in [2.24, 2.45) is 11.1 Å². The summed E-state index contributed by atoms with van der Waals surface area (Å²) in [6, 6.07) is 6.57. The van der Waals surface area contributed by atoms with Crippen LogP contribution in [0.4, 0.5) is 0 Å². The van der Waals surface area contributed by atoms with E-state index >= 15 is 0 Å². The van der Waals surface area contributed by atoms with E-state index in [4.69, 9.17) is 18.0 Å². The predicted octanol–water partition coefficient (Wildman–Crippen LogP) is 1.83. The Morgan fingerprint density at radius 3 is 2.71 bits per heavy atom. The zero-order chi connectivity index (χ0) is 15.7. The zero-order valence-electron chi connectivity index (χ0n) is 12.5. The van der Waals surface area contributed by atoms with E-state index in [0.29, 0.717) is 17.0 Å². The first-order valence-corrected chi connectivity index (χ1v) is 9.11. The molecule has 1 fully saturated rings. The molecule has 4 nitrogen and oxygen atoms in total. The van der Waals surface area contributed by atoms with Crippen molar-refractivity contribution in [3.05, 3.63) is 29.8 Å². The molecule has 0 amide bonds. The van der Waals surface area contributed by atoms with Crippen molar-refractivity contribution in [3.63, 3.8) is 0 Å². The van der Waals surface area contributed by atoms with Gasteiger partial charge in [-0.05, 0) is 30.5 Å². The molecule has 1 aromatic carbocycles. The van der Waals surface area contributed by atoms with E-state index in [2.05, 4.69) is 18.7 Å². The predicted molar refractivity (Wildman–Crippen MR) is 89.2 cm³/mol. The van der Waals surface area contributed by atoms with Crippen molar-refractivity contribution in [2.45, 2.75) is 25.2 Å². The second-order valence-electron chi connectivity index (χ2n) is 6.40. The summed E-state index contributed by atoms with van der Waals surface area (Å²) in [6.07, 6.45) is 1.12. The van der Waals surface area contributed by atoms with E-state index in [0.717, 1.165) is 19.5 Å². The van der Waals surface area contributed by atoms with Gasteiger partial charge in [-0.15, -0.1) is 0 Å². The lowest BCUT2D eigenvalue weighted by molar-refractivity contribution is 0.304. The number of hydrogen-bond donors (Lipinski definition) is 1. The summed E-state index contributed by atoms with van der Waals surface area (Å²) in [5, 5.41) is 0. The molecule has 21 heavy (non-hydrogen) atoms. The number of hydrogen-bond acceptors (Lipinski definition) is 4. The Morgan fingerprint density at radius 2 is 2.14 bits per heavy atom. The summed E-state index contributed by atoms with van der Waals surface area (Å²) in [6.45, 7) is 6.92. The van der Waals surface area contributed by atoms with Gasteiger partial charge in [0.15, 0.2) is 9.84 Å². The molecule has 0 aliphatic carbocycles. The minimum absolute atomic E-state index is 0.129. The Balaban J connectivity index is 2.05. The molecule has 1 aliphatic heterocycles. The molecule has 6 heteroatoms. The third kappa shape index (κ3) is 4.25. The van der Waals surface area contributed by atoms with Crippen LogP contribution in [-0.4, -0.2) is 43.7 Å². The highest BCUT2D eigenvalue weighted by molar-refractivity contribution is 7.91. The average Bonchev–Trinajstić information content (AvgIpc) is 2.76. The molecule has 1 saturated heterocycles. The Kier molecular flexibility index (Phi) is 4.70. The maximum Gasteiger partial charge on any atom is 0.179 e. The lowest BCUT2D eigenvalue weighted by Crippen LogP contribution is -2.29. The highest BCUT2D eigenvalue weighted by Gasteiger charge is 2.29. The first-order chi connectivity index (χ1) is 9.70. The van der Waals surface area contributed by atoms with Crippen LogP contribution in [0.25, 0.3) is 0 Å². The van der Waals surface area contributed by atoms with Gasteiger partial charge >= 0.3 is 0 Å². The molecule has 1 aliphatic rings. The second-order valence-corrected chi connectivity index (χ2v) is 8.95. The van der Waals surface area contributed by atoms with Gasteiger partial charge < -0.3 is 10.6 Å². The van der Waals surface area contributed by atoms with Gasteiger partial charge in [0.25, 0.3) is 0 Å². The smallest absolute Gasteiger partial charge is 0.179 e. The van der Waals surface area contributed by atoms with Crippen molar-refractivity contribution in [1.29, 1.82) is 0 Å². The number of likely N-dealkylation sites (tertiary alicyclic amines) is 1. The van der Waals surface area contributed by atoms with Crippen LogP contribution < -0.4 is 5.73 Å². The Labute approximate surface area is 132 Å². The normalized spacial score (nSPS) is 18.8. The molecule has 0 bridgehead atoms. The Morgan fingerprint density at radius 1 is 1.43 bits per heavy atom. The third-order valence-corrected chi connectivity index (χ3v) is 5.84. The van der Waals surface area contributed by atoms with Crippen LogP contribution in [0, 0.1) is 5.41 Å². The molecule has 116 valence electrons. The summed E-state index contributed by atoms with van der Waals surface area (Å²) in [5.41, 5.74) is 6.44. The summed E-state index contributed by atoms with van der Waals surface area (Å²) in [4.78, 5) is 2.73. The van der Waals surface area contributed by atoms with E-state index in [1.54, 1.807) is 24.3 Å². The lowest BCUT2D eigenvalue weighted by atomic mass is 9.93. The number of benzene rings is 1. The van der Waals surface area contributed by atoms with Gasteiger partial charge in [0, 0.05) is 18.7 Å². The fourth-order valence-corrected chi connectivity index (χ4v) is 4.08. The van der Waals surface area contributed by atoms with Crippen molar-refractivity contribution >= 4 is 27.0 Å². The van der Waals surface area contributed by atoms with Crippen LogP contribution in [0.15, 0.2) is 29.2 Å². The molecule has 2 rings (SSSR count). The highest BCUT2D eigenvalue weighted by atomic mass is 32.2. The minimum Gasteiger partial charge on any atom is -0.389 e. The number of thiocarbonyl (C=S) groups is 1. The molecular weight excluding hydrogens is 304 g/mol. The molecule has 0 aromatic heterocycles.